The highest BCUT2D eigenvalue weighted by atomic mass is 16.7. The van der Waals surface area contributed by atoms with Gasteiger partial charge in [-0.15, -0.1) is 0 Å². The second-order valence-corrected chi connectivity index (χ2v) is 3.64. The van der Waals surface area contributed by atoms with Crippen LogP contribution in [-0.2, 0) is 14.2 Å². The normalized spacial score (nSPS) is 10.4. The maximum absolute atomic E-state index is 11.4. The number of carbonyl (C=O) groups is 1. The minimum absolute atomic E-state index is 0.0571. The van der Waals surface area contributed by atoms with Gasteiger partial charge in [0.2, 0.25) is 0 Å². The number of ether oxygens (including phenoxy) is 4. The molecular formula is C12H15NO7. The zero-order valence-corrected chi connectivity index (χ0v) is 11.3. The maximum atomic E-state index is 11.4. The summed E-state index contributed by atoms with van der Waals surface area (Å²) in [7, 11) is 4.05. The van der Waals surface area contributed by atoms with Crippen LogP contribution in [0.2, 0.25) is 0 Å². The standard InChI is InChI=1S/C12H15NO7/c1-17-11(18-2)7-20-10-6-8(12(14)19-3)4-5-9(10)13(15)16/h4-6,11H,7H2,1-3H3. The molecule has 0 radical (unpaired) electrons. The van der Waals surface area contributed by atoms with Crippen molar-refractivity contribution in [3.8, 4) is 5.75 Å². The van der Waals surface area contributed by atoms with E-state index < -0.39 is 17.2 Å². The number of nitrogens with zero attached hydrogens (tertiary/aromatic N) is 1. The molecule has 0 N–H and O–H groups in total. The van der Waals surface area contributed by atoms with E-state index in [-0.39, 0.29) is 23.6 Å². The van der Waals surface area contributed by atoms with Crippen molar-refractivity contribution >= 4 is 11.7 Å². The lowest BCUT2D eigenvalue weighted by molar-refractivity contribution is -0.386. The molecule has 0 amide bonds. The molecule has 0 spiro atoms. The van der Waals surface area contributed by atoms with Gasteiger partial charge in [-0.05, 0) is 6.07 Å². The summed E-state index contributed by atoms with van der Waals surface area (Å²) in [4.78, 5) is 21.7. The fourth-order valence-electron chi connectivity index (χ4n) is 1.42. The molecule has 8 heteroatoms. The van der Waals surface area contributed by atoms with Crippen LogP contribution in [0.3, 0.4) is 0 Å². The van der Waals surface area contributed by atoms with E-state index in [4.69, 9.17) is 14.2 Å². The molecular weight excluding hydrogens is 270 g/mol. The number of rotatable bonds is 7. The van der Waals surface area contributed by atoms with Crippen LogP contribution < -0.4 is 4.74 Å². The molecule has 0 saturated heterocycles. The van der Waals surface area contributed by atoms with Crippen molar-refractivity contribution in [3.05, 3.63) is 33.9 Å². The minimum atomic E-state index is -0.670. The molecule has 1 rings (SSSR count). The van der Waals surface area contributed by atoms with E-state index >= 15 is 0 Å². The van der Waals surface area contributed by atoms with Crippen LogP contribution in [0, 0.1) is 10.1 Å². The molecule has 0 heterocycles. The Bertz CT molecular complexity index is 485. The third-order valence-electron chi connectivity index (χ3n) is 2.48. The van der Waals surface area contributed by atoms with Crippen LogP contribution in [-0.4, -0.2) is 45.1 Å². The van der Waals surface area contributed by atoms with Gasteiger partial charge in [0, 0.05) is 26.4 Å². The zero-order chi connectivity index (χ0) is 15.1. The molecule has 0 fully saturated rings. The highest BCUT2D eigenvalue weighted by Gasteiger charge is 2.19. The number of esters is 1. The summed E-state index contributed by atoms with van der Waals surface area (Å²) < 4.78 is 19.6. The molecule has 0 aliphatic carbocycles. The lowest BCUT2D eigenvalue weighted by Crippen LogP contribution is -2.22. The smallest absolute Gasteiger partial charge is 0.337 e. The summed E-state index contributed by atoms with van der Waals surface area (Å²) in [6, 6.07) is 3.71. The Hall–Kier alpha value is -2.19. The first kappa shape index (κ1) is 15.9. The molecule has 0 saturated carbocycles. The van der Waals surface area contributed by atoms with Crippen LogP contribution in [0.4, 0.5) is 5.69 Å². The van der Waals surface area contributed by atoms with Gasteiger partial charge >= 0.3 is 11.7 Å². The maximum Gasteiger partial charge on any atom is 0.337 e. The first-order valence-corrected chi connectivity index (χ1v) is 5.58. The summed E-state index contributed by atoms with van der Waals surface area (Å²) in [6.07, 6.45) is -0.670. The van der Waals surface area contributed by atoms with Crippen molar-refractivity contribution in [2.45, 2.75) is 6.29 Å². The molecule has 0 aliphatic heterocycles. The van der Waals surface area contributed by atoms with Gasteiger partial charge in [0.25, 0.3) is 0 Å². The summed E-state index contributed by atoms with van der Waals surface area (Å²) in [5, 5.41) is 10.9. The first-order valence-electron chi connectivity index (χ1n) is 5.58. The Morgan fingerprint density at radius 3 is 2.45 bits per heavy atom. The van der Waals surface area contributed by atoms with Gasteiger partial charge in [-0.3, -0.25) is 10.1 Å². The van der Waals surface area contributed by atoms with Crippen LogP contribution in [0.15, 0.2) is 18.2 Å². The molecule has 20 heavy (non-hydrogen) atoms. The lowest BCUT2D eigenvalue weighted by Gasteiger charge is -2.14. The molecule has 0 aliphatic rings. The average Bonchev–Trinajstić information content (AvgIpc) is 2.47. The van der Waals surface area contributed by atoms with Crippen LogP contribution in [0.5, 0.6) is 5.75 Å². The van der Waals surface area contributed by atoms with E-state index in [0.29, 0.717) is 0 Å². The fourth-order valence-corrected chi connectivity index (χ4v) is 1.42. The van der Waals surface area contributed by atoms with Gasteiger partial charge in [-0.25, -0.2) is 4.79 Å². The summed E-state index contributed by atoms with van der Waals surface area (Å²) in [5.41, 5.74) is -0.108. The molecule has 1 aromatic carbocycles. The van der Waals surface area contributed by atoms with Crippen molar-refractivity contribution in [1.82, 2.24) is 0 Å². The molecule has 0 bridgehead atoms. The molecule has 8 nitrogen and oxygen atoms in total. The van der Waals surface area contributed by atoms with Gasteiger partial charge in [0.1, 0.15) is 6.61 Å². The van der Waals surface area contributed by atoms with Gasteiger partial charge in [-0.1, -0.05) is 0 Å². The van der Waals surface area contributed by atoms with Crippen molar-refractivity contribution in [2.24, 2.45) is 0 Å². The van der Waals surface area contributed by atoms with Gasteiger partial charge in [0.15, 0.2) is 12.0 Å². The molecule has 110 valence electrons. The largest absolute Gasteiger partial charge is 0.481 e. The number of benzene rings is 1. The van der Waals surface area contributed by atoms with Crippen molar-refractivity contribution in [1.29, 1.82) is 0 Å². The average molecular weight is 285 g/mol. The number of carbonyl (C=O) groups excluding carboxylic acids is 1. The van der Waals surface area contributed by atoms with Gasteiger partial charge < -0.3 is 18.9 Å². The minimum Gasteiger partial charge on any atom is -0.481 e. The van der Waals surface area contributed by atoms with Crippen molar-refractivity contribution in [3.63, 3.8) is 0 Å². The number of methoxy groups -OCH3 is 3. The second kappa shape index (κ2) is 7.41. The van der Waals surface area contributed by atoms with E-state index in [1.54, 1.807) is 0 Å². The monoisotopic (exact) mass is 285 g/mol. The van der Waals surface area contributed by atoms with E-state index in [1.165, 1.54) is 39.5 Å². The lowest BCUT2D eigenvalue weighted by atomic mass is 10.2. The van der Waals surface area contributed by atoms with Crippen LogP contribution in [0.1, 0.15) is 10.4 Å². The van der Waals surface area contributed by atoms with Gasteiger partial charge in [0.05, 0.1) is 17.6 Å². The third-order valence-corrected chi connectivity index (χ3v) is 2.48. The Balaban J connectivity index is 3.00. The zero-order valence-electron chi connectivity index (χ0n) is 11.3. The first-order chi connectivity index (χ1) is 9.53. The summed E-state index contributed by atoms with van der Waals surface area (Å²) >= 11 is 0. The number of hydrogen-bond donors (Lipinski definition) is 0. The summed E-state index contributed by atoms with van der Waals surface area (Å²) in [6.45, 7) is -0.0571. The quantitative estimate of drug-likeness (QED) is 0.323. The Morgan fingerprint density at radius 1 is 1.30 bits per heavy atom. The molecule has 1 aromatic rings. The number of nitro groups is 1. The van der Waals surface area contributed by atoms with Gasteiger partial charge in [-0.2, -0.15) is 0 Å². The summed E-state index contributed by atoms with van der Waals surface area (Å²) in [5.74, 6) is -0.670. The predicted molar refractivity (Wildman–Crippen MR) is 67.7 cm³/mol. The third kappa shape index (κ3) is 3.90. The van der Waals surface area contributed by atoms with Crippen molar-refractivity contribution < 1.29 is 28.7 Å². The number of nitro benzene ring substituents is 1. The van der Waals surface area contributed by atoms with E-state index in [2.05, 4.69) is 4.74 Å². The fraction of sp³-hybridized carbons (Fsp3) is 0.417. The van der Waals surface area contributed by atoms with E-state index in [1.807, 2.05) is 0 Å². The molecule has 0 atom stereocenters. The molecule has 0 aromatic heterocycles. The molecule has 0 unspecified atom stereocenters. The highest BCUT2D eigenvalue weighted by Crippen LogP contribution is 2.28. The second-order valence-electron chi connectivity index (χ2n) is 3.64. The van der Waals surface area contributed by atoms with E-state index in [9.17, 15) is 14.9 Å². The Kier molecular flexibility index (Phi) is 5.88. The Morgan fingerprint density at radius 2 is 1.95 bits per heavy atom. The predicted octanol–water partition coefficient (Wildman–Crippen LogP) is 1.38. The van der Waals surface area contributed by atoms with E-state index in [0.717, 1.165) is 0 Å². The number of hydrogen-bond acceptors (Lipinski definition) is 7. The van der Waals surface area contributed by atoms with Crippen LogP contribution in [0.25, 0.3) is 0 Å². The van der Waals surface area contributed by atoms with Crippen molar-refractivity contribution in [2.75, 3.05) is 27.9 Å². The Labute approximate surface area is 115 Å². The highest BCUT2D eigenvalue weighted by molar-refractivity contribution is 5.90. The van der Waals surface area contributed by atoms with Crippen LogP contribution >= 0.6 is 0 Å². The topological polar surface area (TPSA) is 97.1 Å². The SMILES string of the molecule is COC(=O)c1ccc([N+](=O)[O-])c(OCC(OC)OC)c1.